The number of amides is 2. The molecular weight excluding hydrogens is 378 g/mol. The average molecular weight is 392 g/mol. The van der Waals surface area contributed by atoms with Gasteiger partial charge in [0.15, 0.2) is 6.39 Å². The molecule has 0 spiro atoms. The second kappa shape index (κ2) is 7.59. The fourth-order valence-corrected chi connectivity index (χ4v) is 3.53. The van der Waals surface area contributed by atoms with E-state index in [2.05, 4.69) is 15.6 Å². The fourth-order valence-electron chi connectivity index (χ4n) is 2.14. The van der Waals surface area contributed by atoms with E-state index >= 15 is 0 Å². The van der Waals surface area contributed by atoms with Crippen molar-refractivity contribution in [1.29, 1.82) is 0 Å². The molecule has 0 saturated carbocycles. The number of nitrogens with one attached hydrogen (secondary N) is 2. The molecule has 0 bridgehead atoms. The molecule has 134 valence electrons. The molecule has 3 aromatic rings. The van der Waals surface area contributed by atoms with E-state index in [4.69, 9.17) is 16.0 Å². The van der Waals surface area contributed by atoms with Crippen molar-refractivity contribution in [3.8, 4) is 0 Å². The van der Waals surface area contributed by atoms with Crippen molar-refractivity contribution >= 4 is 33.2 Å². The van der Waals surface area contributed by atoms with Crippen LogP contribution in [-0.4, -0.2) is 19.4 Å². The lowest BCUT2D eigenvalue weighted by atomic mass is 10.3. The van der Waals surface area contributed by atoms with Crippen LogP contribution >= 0.6 is 11.6 Å². The van der Waals surface area contributed by atoms with E-state index in [1.165, 1.54) is 61.1 Å². The molecule has 0 radical (unpaired) electrons. The standard InChI is InChI=1S/C17H14ClN3O4S/c18-12-1-5-15(6-2-12)26(23,24)16-7-3-13(4-8-16)21-17(22)20-10-14-9-19-11-25-14/h1-9,11H,10H2,(H2,20,21,22). The first-order valence-electron chi connectivity index (χ1n) is 7.48. The maximum absolute atomic E-state index is 12.6. The van der Waals surface area contributed by atoms with Crippen LogP contribution in [0.3, 0.4) is 0 Å². The molecule has 1 heterocycles. The van der Waals surface area contributed by atoms with Crippen molar-refractivity contribution in [3.63, 3.8) is 0 Å². The first kappa shape index (κ1) is 18.0. The van der Waals surface area contributed by atoms with Gasteiger partial charge in [0.2, 0.25) is 9.84 Å². The van der Waals surface area contributed by atoms with Gasteiger partial charge >= 0.3 is 6.03 Å². The normalized spacial score (nSPS) is 11.1. The highest BCUT2D eigenvalue weighted by Gasteiger charge is 2.17. The van der Waals surface area contributed by atoms with Gasteiger partial charge in [-0.15, -0.1) is 0 Å². The summed E-state index contributed by atoms with van der Waals surface area (Å²) < 4.78 is 30.1. The number of hydrogen-bond acceptors (Lipinski definition) is 5. The van der Waals surface area contributed by atoms with Crippen LogP contribution in [-0.2, 0) is 16.4 Å². The van der Waals surface area contributed by atoms with Crippen LogP contribution in [0.1, 0.15) is 5.76 Å². The van der Waals surface area contributed by atoms with Gasteiger partial charge in [0.25, 0.3) is 0 Å². The van der Waals surface area contributed by atoms with Gasteiger partial charge in [0.1, 0.15) is 5.76 Å². The van der Waals surface area contributed by atoms with Crippen LogP contribution < -0.4 is 10.6 Å². The van der Waals surface area contributed by atoms with Crippen LogP contribution in [0.5, 0.6) is 0 Å². The van der Waals surface area contributed by atoms with E-state index in [9.17, 15) is 13.2 Å². The summed E-state index contributed by atoms with van der Waals surface area (Å²) in [5, 5.41) is 5.66. The Labute approximate surface area is 154 Å². The summed E-state index contributed by atoms with van der Waals surface area (Å²) in [6.45, 7) is 0.189. The number of oxazole rings is 1. The molecule has 2 N–H and O–H groups in total. The highest BCUT2D eigenvalue weighted by atomic mass is 35.5. The number of halogens is 1. The lowest BCUT2D eigenvalue weighted by Gasteiger charge is -2.08. The number of carbonyl (C=O) groups excluding carboxylic acids is 1. The summed E-state index contributed by atoms with van der Waals surface area (Å²) in [7, 11) is -3.65. The zero-order valence-corrected chi connectivity index (χ0v) is 14.9. The van der Waals surface area contributed by atoms with Crippen molar-refractivity contribution in [3.05, 3.63) is 71.9 Å². The molecule has 1 aromatic heterocycles. The Kier molecular flexibility index (Phi) is 5.24. The zero-order chi connectivity index (χ0) is 18.6. The van der Waals surface area contributed by atoms with Crippen molar-refractivity contribution < 1.29 is 17.6 Å². The summed E-state index contributed by atoms with van der Waals surface area (Å²) in [4.78, 5) is 15.8. The van der Waals surface area contributed by atoms with Crippen LogP contribution in [0.4, 0.5) is 10.5 Å². The summed E-state index contributed by atoms with van der Waals surface area (Å²) in [6, 6.07) is 11.3. The number of sulfone groups is 1. The molecular formula is C17H14ClN3O4S. The predicted octanol–water partition coefficient (Wildman–Crippen LogP) is 3.48. The van der Waals surface area contributed by atoms with Crippen molar-refractivity contribution in [1.82, 2.24) is 10.3 Å². The largest absolute Gasteiger partial charge is 0.447 e. The number of aromatic nitrogens is 1. The molecule has 26 heavy (non-hydrogen) atoms. The second-order valence-corrected chi connectivity index (χ2v) is 7.64. The molecule has 9 heteroatoms. The number of hydrogen-bond donors (Lipinski definition) is 2. The Morgan fingerprint density at radius 2 is 1.65 bits per heavy atom. The van der Waals surface area contributed by atoms with Crippen LogP contribution in [0.2, 0.25) is 5.02 Å². The number of nitrogens with zero attached hydrogens (tertiary/aromatic N) is 1. The third-order valence-corrected chi connectivity index (χ3v) is 5.49. The first-order valence-corrected chi connectivity index (χ1v) is 9.34. The quantitative estimate of drug-likeness (QED) is 0.693. The third-order valence-electron chi connectivity index (χ3n) is 3.45. The van der Waals surface area contributed by atoms with Crippen molar-refractivity contribution in [2.45, 2.75) is 16.3 Å². The highest BCUT2D eigenvalue weighted by molar-refractivity contribution is 7.91. The van der Waals surface area contributed by atoms with Crippen LogP contribution in [0.25, 0.3) is 0 Å². The number of carbonyl (C=O) groups is 1. The van der Waals surface area contributed by atoms with Crippen LogP contribution in [0, 0.1) is 0 Å². The van der Waals surface area contributed by atoms with E-state index < -0.39 is 15.9 Å². The molecule has 0 aliphatic heterocycles. The van der Waals surface area contributed by atoms with Gasteiger partial charge in [-0.05, 0) is 48.5 Å². The lowest BCUT2D eigenvalue weighted by molar-refractivity contribution is 0.251. The summed E-state index contributed by atoms with van der Waals surface area (Å²) in [5.41, 5.74) is 0.454. The Morgan fingerprint density at radius 1 is 1.04 bits per heavy atom. The molecule has 0 aliphatic rings. The van der Waals surface area contributed by atoms with Gasteiger partial charge in [0, 0.05) is 10.7 Å². The maximum Gasteiger partial charge on any atom is 0.319 e. The van der Waals surface area contributed by atoms with Gasteiger partial charge < -0.3 is 15.1 Å². The van der Waals surface area contributed by atoms with E-state index in [0.717, 1.165) is 0 Å². The number of benzene rings is 2. The Bertz CT molecular complexity index is 986. The Morgan fingerprint density at radius 3 is 2.23 bits per heavy atom. The van der Waals surface area contributed by atoms with E-state index in [1.54, 1.807) is 0 Å². The molecule has 0 atom stereocenters. The number of anilines is 1. The molecule has 3 rings (SSSR count). The topological polar surface area (TPSA) is 101 Å². The highest BCUT2D eigenvalue weighted by Crippen LogP contribution is 2.23. The van der Waals surface area contributed by atoms with Gasteiger partial charge in [-0.1, -0.05) is 11.6 Å². The molecule has 0 unspecified atom stereocenters. The molecule has 0 saturated heterocycles. The molecule has 2 amide bonds. The zero-order valence-electron chi connectivity index (χ0n) is 13.3. The van der Waals surface area contributed by atoms with Gasteiger partial charge in [-0.25, -0.2) is 18.2 Å². The molecule has 7 nitrogen and oxygen atoms in total. The monoisotopic (exact) mass is 391 g/mol. The minimum Gasteiger partial charge on any atom is -0.447 e. The number of urea groups is 1. The minimum atomic E-state index is -3.65. The van der Waals surface area contributed by atoms with Gasteiger partial charge in [0.05, 0.1) is 22.5 Å². The average Bonchev–Trinajstić information content (AvgIpc) is 3.14. The van der Waals surface area contributed by atoms with Crippen molar-refractivity contribution in [2.75, 3.05) is 5.32 Å². The summed E-state index contributed by atoms with van der Waals surface area (Å²) >= 11 is 5.78. The van der Waals surface area contributed by atoms with Gasteiger partial charge in [-0.3, -0.25) is 0 Å². The summed E-state index contributed by atoms with van der Waals surface area (Å²) in [6.07, 6.45) is 2.77. The molecule has 0 fully saturated rings. The SMILES string of the molecule is O=C(NCc1cnco1)Nc1ccc(S(=O)(=O)c2ccc(Cl)cc2)cc1. The number of rotatable bonds is 5. The van der Waals surface area contributed by atoms with Crippen molar-refractivity contribution in [2.24, 2.45) is 0 Å². The van der Waals surface area contributed by atoms with E-state index in [1.807, 2.05) is 0 Å². The summed E-state index contributed by atoms with van der Waals surface area (Å²) in [5.74, 6) is 0.518. The second-order valence-electron chi connectivity index (χ2n) is 5.26. The van der Waals surface area contributed by atoms with E-state index in [-0.39, 0.29) is 16.3 Å². The van der Waals surface area contributed by atoms with Crippen LogP contribution in [0.15, 0.2) is 75.3 Å². The maximum atomic E-state index is 12.6. The van der Waals surface area contributed by atoms with Gasteiger partial charge in [-0.2, -0.15) is 0 Å². The lowest BCUT2D eigenvalue weighted by Crippen LogP contribution is -2.27. The molecule has 0 aliphatic carbocycles. The van der Waals surface area contributed by atoms with E-state index in [0.29, 0.717) is 16.5 Å². The Balaban J connectivity index is 1.66. The molecule has 2 aromatic carbocycles. The third kappa shape index (κ3) is 4.22. The first-order chi connectivity index (χ1) is 12.4. The minimum absolute atomic E-state index is 0.118. The smallest absolute Gasteiger partial charge is 0.319 e. The predicted molar refractivity (Wildman–Crippen MR) is 95.7 cm³/mol. The Hall–Kier alpha value is -2.84. The fraction of sp³-hybridized carbons (Fsp3) is 0.0588.